The van der Waals surface area contributed by atoms with Crippen molar-refractivity contribution in [3.8, 4) is 55.6 Å². The number of rotatable bonds is 32. The normalized spacial score (nSPS) is 14.9. The fourth-order valence-corrected chi connectivity index (χ4v) is 15.3. The van der Waals surface area contributed by atoms with E-state index < -0.39 is 0 Å². The van der Waals surface area contributed by atoms with Crippen molar-refractivity contribution < 1.29 is 0 Å². The van der Waals surface area contributed by atoms with Crippen LogP contribution in [0.25, 0.3) is 55.6 Å². The minimum absolute atomic E-state index is 0.0423. The fourth-order valence-electron chi connectivity index (χ4n) is 15.3. The van der Waals surface area contributed by atoms with Gasteiger partial charge in [-0.2, -0.15) is 0 Å². The van der Waals surface area contributed by atoms with E-state index in [1.54, 1.807) is 33.4 Å². The Morgan fingerprint density at radius 1 is 0.213 bits per heavy atom. The second-order valence-electron chi connectivity index (χ2n) is 24.2. The van der Waals surface area contributed by atoms with Gasteiger partial charge in [-0.25, -0.2) is 0 Å². The Morgan fingerprint density at radius 2 is 0.467 bits per heavy atom. The van der Waals surface area contributed by atoms with Crippen molar-refractivity contribution in [1.29, 1.82) is 0 Å². The summed E-state index contributed by atoms with van der Waals surface area (Å²) in [5, 5.41) is 0. The molecule has 0 aromatic heterocycles. The van der Waals surface area contributed by atoms with Crippen LogP contribution in [0, 0.1) is 0 Å². The SMILES string of the molecule is CCCCCCC1(CCCCCC)c2ccc(-c3ccc4c(c3)C(CCCCCC)(CCCCCC)c3ccccc3-4)cc2-c2cc(-c3ccc4c(c3)C(CCCCCC)(CCCCCC)c3ccccc3-4)ccc21. The number of benzene rings is 6. The summed E-state index contributed by atoms with van der Waals surface area (Å²) in [6, 6.07) is 50.1. The smallest absolute Gasteiger partial charge is 0.0215 e. The summed E-state index contributed by atoms with van der Waals surface area (Å²) in [5.74, 6) is 0. The highest BCUT2D eigenvalue weighted by Gasteiger charge is 2.45. The minimum atomic E-state index is 0.0423. The summed E-state index contributed by atoms with van der Waals surface area (Å²) in [6.45, 7) is 14.2. The van der Waals surface area contributed by atoms with Crippen molar-refractivity contribution in [3.05, 3.63) is 155 Å². The van der Waals surface area contributed by atoms with Crippen molar-refractivity contribution in [3.63, 3.8) is 0 Å². The Morgan fingerprint density at radius 3 is 0.787 bits per heavy atom. The van der Waals surface area contributed by atoms with Crippen LogP contribution >= 0.6 is 0 Å². The Labute approximate surface area is 458 Å². The second-order valence-corrected chi connectivity index (χ2v) is 24.2. The lowest BCUT2D eigenvalue weighted by Crippen LogP contribution is -2.26. The van der Waals surface area contributed by atoms with Crippen molar-refractivity contribution in [1.82, 2.24) is 0 Å². The zero-order valence-corrected chi connectivity index (χ0v) is 48.3. The van der Waals surface area contributed by atoms with Gasteiger partial charge in [0.25, 0.3) is 0 Å². The summed E-state index contributed by atoms with van der Waals surface area (Å²) >= 11 is 0. The molecule has 0 saturated heterocycles. The summed E-state index contributed by atoms with van der Waals surface area (Å²) in [4.78, 5) is 0. The van der Waals surface area contributed by atoms with E-state index in [9.17, 15) is 0 Å². The van der Waals surface area contributed by atoms with E-state index in [1.807, 2.05) is 0 Å². The van der Waals surface area contributed by atoms with Crippen LogP contribution in [0.4, 0.5) is 0 Å². The maximum absolute atomic E-state index is 2.69. The molecule has 0 nitrogen and oxygen atoms in total. The molecular weight excluding hydrogens is 901 g/mol. The zero-order chi connectivity index (χ0) is 52.1. The summed E-state index contributed by atoms with van der Waals surface area (Å²) in [6.07, 6.45) is 38.8. The molecule has 6 aromatic rings. The van der Waals surface area contributed by atoms with Crippen LogP contribution in [0.5, 0.6) is 0 Å². The van der Waals surface area contributed by atoms with Gasteiger partial charge in [-0.15, -0.1) is 0 Å². The maximum Gasteiger partial charge on any atom is 0.0215 e. The fraction of sp³-hybridized carbons (Fsp3) is 0.520. The second kappa shape index (κ2) is 26.1. The third kappa shape index (κ3) is 11.2. The lowest BCUT2D eigenvalue weighted by atomic mass is 9.70. The van der Waals surface area contributed by atoms with Crippen LogP contribution in [0.2, 0.25) is 0 Å². The van der Waals surface area contributed by atoms with Crippen LogP contribution in [-0.2, 0) is 16.2 Å². The molecule has 0 amide bonds. The van der Waals surface area contributed by atoms with Crippen LogP contribution in [0.1, 0.15) is 268 Å². The van der Waals surface area contributed by atoms with Crippen LogP contribution in [-0.4, -0.2) is 0 Å². The first-order valence-corrected chi connectivity index (χ1v) is 31.7. The van der Waals surface area contributed by atoms with Gasteiger partial charge >= 0.3 is 0 Å². The molecule has 3 aliphatic rings. The van der Waals surface area contributed by atoms with E-state index in [-0.39, 0.29) is 16.2 Å². The third-order valence-electron chi connectivity index (χ3n) is 19.3. The third-order valence-corrected chi connectivity index (χ3v) is 19.3. The van der Waals surface area contributed by atoms with Crippen LogP contribution in [0.15, 0.2) is 121 Å². The molecule has 0 heterocycles. The molecule has 3 aliphatic carbocycles. The van der Waals surface area contributed by atoms with E-state index in [2.05, 4.69) is 163 Å². The van der Waals surface area contributed by atoms with Gasteiger partial charge in [0.15, 0.2) is 0 Å². The van der Waals surface area contributed by atoms with Crippen molar-refractivity contribution in [2.45, 2.75) is 250 Å². The van der Waals surface area contributed by atoms with Crippen molar-refractivity contribution in [2.75, 3.05) is 0 Å². The summed E-state index contributed by atoms with van der Waals surface area (Å²) < 4.78 is 0. The molecule has 0 bridgehead atoms. The number of fused-ring (bicyclic) bond motifs is 9. The molecule has 0 heteroatoms. The molecule has 0 radical (unpaired) electrons. The molecule has 0 spiro atoms. The van der Waals surface area contributed by atoms with Gasteiger partial charge in [-0.05, 0) is 152 Å². The van der Waals surface area contributed by atoms with E-state index in [0.717, 1.165) is 0 Å². The molecule has 0 saturated carbocycles. The van der Waals surface area contributed by atoms with Gasteiger partial charge in [0.2, 0.25) is 0 Å². The number of hydrogen-bond acceptors (Lipinski definition) is 0. The topological polar surface area (TPSA) is 0 Å². The Balaban J connectivity index is 1.17. The predicted molar refractivity (Wildman–Crippen MR) is 329 cm³/mol. The first kappa shape index (κ1) is 55.1. The van der Waals surface area contributed by atoms with Gasteiger partial charge < -0.3 is 0 Å². The van der Waals surface area contributed by atoms with E-state index in [0.29, 0.717) is 0 Å². The molecule has 9 rings (SSSR count). The van der Waals surface area contributed by atoms with Crippen molar-refractivity contribution >= 4 is 0 Å². The highest BCUT2D eigenvalue weighted by molar-refractivity contribution is 5.90. The first-order chi connectivity index (χ1) is 36.9. The standard InChI is InChI=1S/C75H98/c1-7-13-19-29-47-73(48-30-20-14-8-2)69-45-41-57(59-39-43-63-61-35-25-27-37-67(61)74(71(63)55-59,49-31-21-15-9-3)50-32-22-16-10-4)53-65(69)66-54-58(42-46-70(66)73)60-40-44-64-62-36-26-28-38-68(62)75(72(64)56-60,51-33-23-17-11-5)52-34-24-18-12-6/h25-28,35-46,53-56H,7-24,29-34,47-52H2,1-6H3. The van der Waals surface area contributed by atoms with Crippen LogP contribution in [0.3, 0.4) is 0 Å². The summed E-state index contributed by atoms with van der Waals surface area (Å²) in [7, 11) is 0. The van der Waals surface area contributed by atoms with Crippen LogP contribution < -0.4 is 0 Å². The quantitative estimate of drug-likeness (QED) is 0.0370. The highest BCUT2D eigenvalue weighted by atomic mass is 14.5. The summed E-state index contributed by atoms with van der Waals surface area (Å²) in [5.41, 5.74) is 24.3. The average Bonchev–Trinajstić information content (AvgIpc) is 4.00. The van der Waals surface area contributed by atoms with Gasteiger partial charge in [0.1, 0.15) is 0 Å². The van der Waals surface area contributed by atoms with Gasteiger partial charge in [-0.1, -0.05) is 293 Å². The van der Waals surface area contributed by atoms with E-state index in [4.69, 9.17) is 0 Å². The van der Waals surface area contributed by atoms with E-state index >= 15 is 0 Å². The molecular formula is C75H98. The van der Waals surface area contributed by atoms with Gasteiger partial charge in [0, 0.05) is 16.2 Å². The molecule has 0 fully saturated rings. The highest BCUT2D eigenvalue weighted by Crippen LogP contribution is 2.59. The largest absolute Gasteiger partial charge is 0.0654 e. The van der Waals surface area contributed by atoms with Gasteiger partial charge in [0.05, 0.1) is 0 Å². The maximum atomic E-state index is 2.69. The van der Waals surface area contributed by atoms with Crippen molar-refractivity contribution in [2.24, 2.45) is 0 Å². The van der Waals surface area contributed by atoms with Gasteiger partial charge in [-0.3, -0.25) is 0 Å². The molecule has 75 heavy (non-hydrogen) atoms. The molecule has 0 aliphatic heterocycles. The molecule has 0 unspecified atom stereocenters. The molecule has 6 aromatic carbocycles. The Kier molecular flexibility index (Phi) is 19.2. The minimum Gasteiger partial charge on any atom is -0.0654 e. The Hall–Kier alpha value is -4.68. The molecule has 0 N–H and O–H groups in total. The lowest BCUT2D eigenvalue weighted by Gasteiger charge is -2.33. The Bertz CT molecular complexity index is 2560. The number of unbranched alkanes of at least 4 members (excludes halogenated alkanes) is 18. The number of hydrogen-bond donors (Lipinski definition) is 0. The average molecular weight is 1000 g/mol. The zero-order valence-electron chi connectivity index (χ0n) is 48.3. The first-order valence-electron chi connectivity index (χ1n) is 31.7. The van der Waals surface area contributed by atoms with E-state index in [1.165, 1.54) is 248 Å². The predicted octanol–water partition coefficient (Wildman–Crippen LogP) is 23.6. The lowest BCUT2D eigenvalue weighted by molar-refractivity contribution is 0.401. The monoisotopic (exact) mass is 999 g/mol. The molecule has 398 valence electrons. The molecule has 0 atom stereocenters.